The van der Waals surface area contributed by atoms with Gasteiger partial charge in [0.1, 0.15) is 0 Å². The molecule has 0 heterocycles. The van der Waals surface area contributed by atoms with Gasteiger partial charge in [-0.1, -0.05) is 24.3 Å². The molecule has 0 saturated carbocycles. The maximum Gasteiger partial charge on any atom is 0.0669 e. The van der Waals surface area contributed by atoms with E-state index in [2.05, 4.69) is 31.4 Å². The molecule has 68 valence electrons. The summed E-state index contributed by atoms with van der Waals surface area (Å²) in [5, 5.41) is 9.03. The van der Waals surface area contributed by atoms with Gasteiger partial charge in [0.2, 0.25) is 0 Å². The van der Waals surface area contributed by atoms with Gasteiger partial charge in [-0.25, -0.2) is 0 Å². The summed E-state index contributed by atoms with van der Waals surface area (Å²) in [4.78, 5) is 0. The lowest BCUT2D eigenvalue weighted by Crippen LogP contribution is -1.88. The van der Waals surface area contributed by atoms with Crippen molar-refractivity contribution in [2.24, 2.45) is 0 Å². The summed E-state index contributed by atoms with van der Waals surface area (Å²) in [5.41, 5.74) is 2.42. The van der Waals surface area contributed by atoms with E-state index in [9.17, 15) is 0 Å². The zero-order chi connectivity index (χ0) is 9.68. The van der Waals surface area contributed by atoms with Crippen LogP contribution in [-0.4, -0.2) is 6.26 Å². The fraction of sp³-hybridized carbons (Fsp3) is 0.364. The molecule has 2 heteroatoms. The summed E-state index contributed by atoms with van der Waals surface area (Å²) in [6.07, 6.45) is 2.61. The molecule has 1 rings (SSSR count). The molecule has 0 aliphatic carbocycles. The van der Waals surface area contributed by atoms with Crippen LogP contribution >= 0.6 is 11.8 Å². The average molecular weight is 191 g/mol. The van der Waals surface area contributed by atoms with Crippen molar-refractivity contribution in [1.82, 2.24) is 0 Å². The van der Waals surface area contributed by atoms with Crippen LogP contribution in [0.3, 0.4) is 0 Å². The van der Waals surface area contributed by atoms with Crippen LogP contribution < -0.4 is 0 Å². The summed E-state index contributed by atoms with van der Waals surface area (Å²) in [5.74, 6) is 0. The lowest BCUT2D eigenvalue weighted by molar-refractivity contribution is 1.10. The van der Waals surface area contributed by atoms with E-state index >= 15 is 0 Å². The SMILES string of the molecule is CSC(C)c1ccc(CC#N)cc1. The quantitative estimate of drug-likeness (QED) is 0.732. The molecule has 0 spiro atoms. The van der Waals surface area contributed by atoms with Gasteiger partial charge in [-0.2, -0.15) is 17.0 Å². The molecule has 13 heavy (non-hydrogen) atoms. The first-order valence-corrected chi connectivity index (χ1v) is 5.55. The lowest BCUT2D eigenvalue weighted by atomic mass is 10.1. The summed E-state index contributed by atoms with van der Waals surface area (Å²) in [6.45, 7) is 2.18. The largest absolute Gasteiger partial charge is 0.198 e. The van der Waals surface area contributed by atoms with Gasteiger partial charge in [0, 0.05) is 5.25 Å². The van der Waals surface area contributed by atoms with E-state index < -0.39 is 0 Å². The van der Waals surface area contributed by atoms with Crippen LogP contribution in [0.2, 0.25) is 0 Å². The molecule has 0 saturated heterocycles. The maximum absolute atomic E-state index is 8.49. The molecule has 0 amide bonds. The summed E-state index contributed by atoms with van der Waals surface area (Å²) >= 11 is 1.83. The first-order chi connectivity index (χ1) is 6.27. The van der Waals surface area contributed by atoms with Crippen LogP contribution in [0.25, 0.3) is 0 Å². The van der Waals surface area contributed by atoms with Crippen molar-refractivity contribution in [3.05, 3.63) is 35.4 Å². The Hall–Kier alpha value is -0.940. The zero-order valence-corrected chi connectivity index (χ0v) is 8.77. The second-order valence-corrected chi connectivity index (χ2v) is 4.13. The second-order valence-electron chi connectivity index (χ2n) is 2.95. The molecule has 1 aromatic rings. The summed E-state index contributed by atoms with van der Waals surface area (Å²) in [7, 11) is 0. The Morgan fingerprint density at radius 3 is 2.46 bits per heavy atom. The highest BCUT2D eigenvalue weighted by Crippen LogP contribution is 2.25. The zero-order valence-electron chi connectivity index (χ0n) is 7.95. The predicted octanol–water partition coefficient (Wildman–Crippen LogP) is 3.18. The number of thioether (sulfide) groups is 1. The Balaban J connectivity index is 2.76. The molecule has 0 bridgehead atoms. The first-order valence-electron chi connectivity index (χ1n) is 4.26. The highest BCUT2D eigenvalue weighted by atomic mass is 32.2. The Kier molecular flexibility index (Phi) is 3.85. The molecule has 1 unspecified atom stereocenters. The Bertz CT molecular complexity index is 297. The Morgan fingerprint density at radius 2 is 2.00 bits per heavy atom. The van der Waals surface area contributed by atoms with Crippen molar-refractivity contribution in [3.63, 3.8) is 0 Å². The third-order valence-electron chi connectivity index (χ3n) is 2.09. The topological polar surface area (TPSA) is 23.8 Å². The van der Waals surface area contributed by atoms with Gasteiger partial charge >= 0.3 is 0 Å². The maximum atomic E-state index is 8.49. The molecule has 1 aromatic carbocycles. The monoisotopic (exact) mass is 191 g/mol. The number of hydrogen-bond donors (Lipinski definition) is 0. The van der Waals surface area contributed by atoms with Crippen molar-refractivity contribution >= 4 is 11.8 Å². The minimum absolute atomic E-state index is 0.508. The summed E-state index contributed by atoms with van der Waals surface area (Å²) < 4.78 is 0. The predicted molar refractivity (Wildman–Crippen MR) is 57.7 cm³/mol. The minimum Gasteiger partial charge on any atom is -0.198 e. The van der Waals surface area contributed by atoms with E-state index in [1.54, 1.807) is 0 Å². The number of nitrogens with zero attached hydrogens (tertiary/aromatic N) is 1. The number of nitriles is 1. The number of rotatable bonds is 3. The molecular weight excluding hydrogens is 178 g/mol. The van der Waals surface area contributed by atoms with Gasteiger partial charge in [-0.15, -0.1) is 0 Å². The smallest absolute Gasteiger partial charge is 0.0669 e. The van der Waals surface area contributed by atoms with Crippen molar-refractivity contribution in [3.8, 4) is 6.07 Å². The molecular formula is C11H13NS. The van der Waals surface area contributed by atoms with Crippen LogP contribution in [0.5, 0.6) is 0 Å². The molecule has 0 radical (unpaired) electrons. The molecule has 0 aromatic heterocycles. The van der Waals surface area contributed by atoms with Crippen molar-refractivity contribution in [1.29, 1.82) is 5.26 Å². The van der Waals surface area contributed by atoms with E-state index in [1.165, 1.54) is 5.56 Å². The van der Waals surface area contributed by atoms with E-state index in [4.69, 9.17) is 5.26 Å². The molecule has 0 N–H and O–H groups in total. The standard InChI is InChI=1S/C11H13NS/c1-9(13-2)11-5-3-10(4-6-11)7-8-12/h3-6,9H,7H2,1-2H3. The van der Waals surface area contributed by atoms with Crippen LogP contribution in [0.15, 0.2) is 24.3 Å². The number of benzene rings is 1. The fourth-order valence-corrected chi connectivity index (χ4v) is 1.56. The van der Waals surface area contributed by atoms with Gasteiger partial charge in [0.15, 0.2) is 0 Å². The highest BCUT2D eigenvalue weighted by Gasteiger charge is 2.02. The van der Waals surface area contributed by atoms with Gasteiger partial charge in [-0.05, 0) is 24.3 Å². The first kappa shape index (κ1) is 10.1. The van der Waals surface area contributed by atoms with Crippen LogP contribution in [-0.2, 0) is 6.42 Å². The highest BCUT2D eigenvalue weighted by molar-refractivity contribution is 7.98. The van der Waals surface area contributed by atoms with Crippen molar-refractivity contribution < 1.29 is 0 Å². The van der Waals surface area contributed by atoms with Crippen LogP contribution in [0.4, 0.5) is 0 Å². The van der Waals surface area contributed by atoms with Crippen LogP contribution in [0, 0.1) is 11.3 Å². The van der Waals surface area contributed by atoms with E-state index in [-0.39, 0.29) is 0 Å². The average Bonchev–Trinajstić information content (AvgIpc) is 2.18. The van der Waals surface area contributed by atoms with Gasteiger partial charge in [0.25, 0.3) is 0 Å². The Morgan fingerprint density at radius 1 is 1.38 bits per heavy atom. The molecule has 0 aliphatic rings. The summed E-state index contributed by atoms with van der Waals surface area (Å²) in [6, 6.07) is 10.4. The molecule has 0 aliphatic heterocycles. The molecule has 0 fully saturated rings. The lowest BCUT2D eigenvalue weighted by Gasteiger charge is -2.08. The fourth-order valence-electron chi connectivity index (χ4n) is 1.13. The molecule has 1 atom stereocenters. The van der Waals surface area contributed by atoms with E-state index in [0.717, 1.165) is 5.56 Å². The normalized spacial score (nSPS) is 12.1. The van der Waals surface area contributed by atoms with Gasteiger partial charge in [-0.3, -0.25) is 0 Å². The molecule has 1 nitrogen and oxygen atoms in total. The third-order valence-corrected chi connectivity index (χ3v) is 3.07. The second kappa shape index (κ2) is 4.94. The van der Waals surface area contributed by atoms with E-state index in [0.29, 0.717) is 11.7 Å². The van der Waals surface area contributed by atoms with Gasteiger partial charge in [0.05, 0.1) is 12.5 Å². The van der Waals surface area contributed by atoms with Crippen LogP contribution in [0.1, 0.15) is 23.3 Å². The van der Waals surface area contributed by atoms with Crippen molar-refractivity contribution in [2.75, 3.05) is 6.26 Å². The third kappa shape index (κ3) is 2.78. The number of hydrogen-bond acceptors (Lipinski definition) is 2. The van der Waals surface area contributed by atoms with Crippen molar-refractivity contribution in [2.45, 2.75) is 18.6 Å². The Labute approximate surface area is 83.8 Å². The van der Waals surface area contributed by atoms with Gasteiger partial charge < -0.3 is 0 Å². The van der Waals surface area contributed by atoms with E-state index in [1.807, 2.05) is 23.9 Å². The minimum atomic E-state index is 0.508.